The van der Waals surface area contributed by atoms with Crippen LogP contribution < -0.4 is 5.32 Å². The molecule has 1 unspecified atom stereocenters. The topological polar surface area (TPSA) is 12.0 Å². The SMILES string of the molecule is CNC(C)C1CSC1. The van der Waals surface area contributed by atoms with E-state index in [0.717, 1.165) is 12.0 Å². The number of hydrogen-bond donors (Lipinski definition) is 1. The molecular weight excluding hydrogens is 118 g/mol. The first-order chi connectivity index (χ1) is 3.84. The van der Waals surface area contributed by atoms with Crippen molar-refractivity contribution in [2.75, 3.05) is 18.6 Å². The van der Waals surface area contributed by atoms with Crippen LogP contribution in [0.4, 0.5) is 0 Å². The highest BCUT2D eigenvalue weighted by molar-refractivity contribution is 8.00. The lowest BCUT2D eigenvalue weighted by molar-refractivity contribution is 0.455. The molecule has 0 bridgehead atoms. The second-order valence-corrected chi connectivity index (χ2v) is 3.45. The van der Waals surface area contributed by atoms with E-state index < -0.39 is 0 Å². The summed E-state index contributed by atoms with van der Waals surface area (Å²) in [5, 5.41) is 3.25. The minimum Gasteiger partial charge on any atom is -0.317 e. The van der Waals surface area contributed by atoms with Crippen LogP contribution in [-0.4, -0.2) is 24.6 Å². The normalized spacial score (nSPS) is 24.8. The van der Waals surface area contributed by atoms with Crippen LogP contribution in [0.15, 0.2) is 0 Å². The van der Waals surface area contributed by atoms with Gasteiger partial charge in [-0.3, -0.25) is 0 Å². The van der Waals surface area contributed by atoms with E-state index in [1.54, 1.807) is 0 Å². The van der Waals surface area contributed by atoms with E-state index in [-0.39, 0.29) is 0 Å². The van der Waals surface area contributed by atoms with Gasteiger partial charge in [-0.25, -0.2) is 0 Å². The molecule has 1 aliphatic heterocycles. The Kier molecular flexibility index (Phi) is 2.20. The molecule has 1 fully saturated rings. The average molecular weight is 131 g/mol. The second-order valence-electron chi connectivity index (χ2n) is 2.37. The van der Waals surface area contributed by atoms with Crippen molar-refractivity contribution in [3.8, 4) is 0 Å². The van der Waals surface area contributed by atoms with E-state index in [1.165, 1.54) is 11.5 Å². The van der Waals surface area contributed by atoms with Crippen molar-refractivity contribution >= 4 is 11.8 Å². The van der Waals surface area contributed by atoms with Crippen molar-refractivity contribution in [3.05, 3.63) is 0 Å². The lowest BCUT2D eigenvalue weighted by Gasteiger charge is -2.30. The summed E-state index contributed by atoms with van der Waals surface area (Å²) in [6.45, 7) is 2.25. The maximum atomic E-state index is 3.25. The molecular formula is C6H13NS. The highest BCUT2D eigenvalue weighted by Gasteiger charge is 2.22. The standard InChI is InChI=1S/C6H13NS/c1-5(7-2)6-3-8-4-6/h5-7H,3-4H2,1-2H3. The van der Waals surface area contributed by atoms with Crippen molar-refractivity contribution in [2.24, 2.45) is 5.92 Å². The molecule has 1 heterocycles. The molecule has 0 amide bonds. The number of thioether (sulfide) groups is 1. The molecule has 1 atom stereocenters. The Bertz CT molecular complexity index is 68.2. The van der Waals surface area contributed by atoms with Crippen LogP contribution in [0, 0.1) is 5.92 Å². The molecule has 1 aliphatic rings. The van der Waals surface area contributed by atoms with Gasteiger partial charge in [0.1, 0.15) is 0 Å². The Morgan fingerprint density at radius 1 is 1.62 bits per heavy atom. The van der Waals surface area contributed by atoms with Crippen LogP contribution >= 0.6 is 11.8 Å². The van der Waals surface area contributed by atoms with Crippen LogP contribution in [0.3, 0.4) is 0 Å². The monoisotopic (exact) mass is 131 g/mol. The molecule has 48 valence electrons. The van der Waals surface area contributed by atoms with Crippen molar-refractivity contribution in [2.45, 2.75) is 13.0 Å². The Hall–Kier alpha value is 0.310. The molecule has 1 nitrogen and oxygen atoms in total. The van der Waals surface area contributed by atoms with Gasteiger partial charge < -0.3 is 5.32 Å². The molecule has 2 heteroatoms. The minimum absolute atomic E-state index is 0.733. The Labute approximate surface area is 55.2 Å². The maximum absolute atomic E-state index is 3.25. The molecule has 8 heavy (non-hydrogen) atoms. The van der Waals surface area contributed by atoms with Gasteiger partial charge in [-0.15, -0.1) is 0 Å². The number of rotatable bonds is 2. The lowest BCUT2D eigenvalue weighted by Crippen LogP contribution is -2.38. The molecule has 0 radical (unpaired) electrons. The van der Waals surface area contributed by atoms with Crippen molar-refractivity contribution in [1.82, 2.24) is 5.32 Å². The zero-order chi connectivity index (χ0) is 5.98. The summed E-state index contributed by atoms with van der Waals surface area (Å²) < 4.78 is 0. The van der Waals surface area contributed by atoms with Gasteiger partial charge in [0.15, 0.2) is 0 Å². The van der Waals surface area contributed by atoms with E-state index in [0.29, 0.717) is 0 Å². The van der Waals surface area contributed by atoms with E-state index in [4.69, 9.17) is 0 Å². The Balaban J connectivity index is 2.13. The van der Waals surface area contributed by atoms with Crippen molar-refractivity contribution in [3.63, 3.8) is 0 Å². The summed E-state index contributed by atoms with van der Waals surface area (Å²) >= 11 is 2.05. The van der Waals surface area contributed by atoms with Crippen molar-refractivity contribution in [1.29, 1.82) is 0 Å². The molecule has 1 saturated heterocycles. The first-order valence-electron chi connectivity index (χ1n) is 3.09. The molecule has 0 saturated carbocycles. The van der Waals surface area contributed by atoms with Crippen molar-refractivity contribution < 1.29 is 0 Å². The quantitative estimate of drug-likeness (QED) is 0.599. The minimum atomic E-state index is 0.733. The molecule has 0 spiro atoms. The van der Waals surface area contributed by atoms with E-state index >= 15 is 0 Å². The predicted octanol–water partition coefficient (Wildman–Crippen LogP) is 0.957. The smallest absolute Gasteiger partial charge is 0.00797 e. The van der Waals surface area contributed by atoms with E-state index in [2.05, 4.69) is 12.2 Å². The third kappa shape index (κ3) is 1.17. The van der Waals surface area contributed by atoms with Gasteiger partial charge in [-0.2, -0.15) is 11.8 Å². The molecule has 1 N–H and O–H groups in total. The fraction of sp³-hybridized carbons (Fsp3) is 1.00. The first kappa shape index (κ1) is 6.43. The van der Waals surface area contributed by atoms with Gasteiger partial charge in [-0.05, 0) is 31.4 Å². The fourth-order valence-corrected chi connectivity index (χ4v) is 1.86. The molecule has 0 aliphatic carbocycles. The summed E-state index contributed by atoms with van der Waals surface area (Å²) in [5.74, 6) is 3.68. The van der Waals surface area contributed by atoms with Crippen LogP contribution in [0.2, 0.25) is 0 Å². The zero-order valence-electron chi connectivity index (χ0n) is 5.48. The lowest BCUT2D eigenvalue weighted by atomic mass is 10.1. The van der Waals surface area contributed by atoms with Crippen LogP contribution in [0.5, 0.6) is 0 Å². The highest BCUT2D eigenvalue weighted by atomic mass is 32.2. The summed E-state index contributed by atoms with van der Waals surface area (Å²) in [6, 6.07) is 0.733. The molecule has 0 aromatic carbocycles. The van der Waals surface area contributed by atoms with Crippen LogP contribution in [0.25, 0.3) is 0 Å². The largest absolute Gasteiger partial charge is 0.317 e. The van der Waals surface area contributed by atoms with E-state index in [9.17, 15) is 0 Å². The summed E-state index contributed by atoms with van der Waals surface area (Å²) in [7, 11) is 2.04. The third-order valence-electron chi connectivity index (χ3n) is 1.83. The maximum Gasteiger partial charge on any atom is 0.00797 e. The van der Waals surface area contributed by atoms with Gasteiger partial charge in [-0.1, -0.05) is 0 Å². The number of nitrogens with one attached hydrogen (secondary N) is 1. The van der Waals surface area contributed by atoms with Gasteiger partial charge in [0.25, 0.3) is 0 Å². The second kappa shape index (κ2) is 2.74. The van der Waals surface area contributed by atoms with Crippen LogP contribution in [-0.2, 0) is 0 Å². The van der Waals surface area contributed by atoms with Gasteiger partial charge in [0, 0.05) is 6.04 Å². The summed E-state index contributed by atoms with van der Waals surface area (Å²) in [6.07, 6.45) is 0. The molecule has 0 aromatic heterocycles. The van der Waals surface area contributed by atoms with Gasteiger partial charge >= 0.3 is 0 Å². The number of hydrogen-bond acceptors (Lipinski definition) is 2. The van der Waals surface area contributed by atoms with Gasteiger partial charge in [0.05, 0.1) is 0 Å². The predicted molar refractivity (Wildman–Crippen MR) is 39.3 cm³/mol. The highest BCUT2D eigenvalue weighted by Crippen LogP contribution is 2.26. The van der Waals surface area contributed by atoms with E-state index in [1.807, 2.05) is 18.8 Å². The van der Waals surface area contributed by atoms with Crippen LogP contribution in [0.1, 0.15) is 6.92 Å². The third-order valence-corrected chi connectivity index (χ3v) is 3.15. The Morgan fingerprint density at radius 3 is 2.38 bits per heavy atom. The summed E-state index contributed by atoms with van der Waals surface area (Å²) in [5.41, 5.74) is 0. The zero-order valence-corrected chi connectivity index (χ0v) is 6.29. The fourth-order valence-electron chi connectivity index (χ4n) is 0.778. The molecule has 0 aromatic rings. The molecule has 1 rings (SSSR count). The Morgan fingerprint density at radius 2 is 2.25 bits per heavy atom. The first-order valence-corrected chi connectivity index (χ1v) is 4.25. The van der Waals surface area contributed by atoms with Gasteiger partial charge in [0.2, 0.25) is 0 Å². The average Bonchev–Trinajstić information content (AvgIpc) is 1.62. The summed E-state index contributed by atoms with van der Waals surface area (Å²) in [4.78, 5) is 0.